The van der Waals surface area contributed by atoms with Crippen molar-refractivity contribution in [1.29, 1.82) is 0 Å². The van der Waals surface area contributed by atoms with Crippen LogP contribution in [-0.2, 0) is 0 Å². The first-order chi connectivity index (χ1) is 4.47. The van der Waals surface area contributed by atoms with E-state index in [1.807, 2.05) is 0 Å². The Balaban J connectivity index is 2.17. The SMILES string of the molecule is C1CCC2=C(C1)SCS2. The standard InChI is InChI=1S/C7H10S2/c1-2-4-7-6(3-1)8-5-9-7/h1-5H2. The number of hydrogen-bond acceptors (Lipinski definition) is 2. The molecule has 0 bridgehead atoms. The van der Waals surface area contributed by atoms with Crippen LogP contribution in [0.15, 0.2) is 9.81 Å². The Kier molecular flexibility index (Phi) is 1.77. The molecule has 2 rings (SSSR count). The van der Waals surface area contributed by atoms with Crippen molar-refractivity contribution >= 4 is 23.5 Å². The van der Waals surface area contributed by atoms with Gasteiger partial charge in [-0.3, -0.25) is 0 Å². The molecule has 0 saturated carbocycles. The van der Waals surface area contributed by atoms with Gasteiger partial charge < -0.3 is 0 Å². The Hall–Kier alpha value is 0.440. The Morgan fingerprint density at radius 1 is 0.889 bits per heavy atom. The first-order valence-corrected chi connectivity index (χ1v) is 5.41. The largest absolute Gasteiger partial charge is 0.118 e. The Labute approximate surface area is 64.5 Å². The van der Waals surface area contributed by atoms with E-state index in [0.29, 0.717) is 0 Å². The summed E-state index contributed by atoms with van der Waals surface area (Å²) in [6.45, 7) is 0. The molecule has 0 N–H and O–H groups in total. The summed E-state index contributed by atoms with van der Waals surface area (Å²) < 4.78 is 0. The summed E-state index contributed by atoms with van der Waals surface area (Å²) in [5.41, 5.74) is 0. The van der Waals surface area contributed by atoms with E-state index in [1.54, 1.807) is 9.81 Å². The zero-order valence-corrected chi connectivity index (χ0v) is 6.99. The lowest BCUT2D eigenvalue weighted by molar-refractivity contribution is 0.718. The maximum absolute atomic E-state index is 2.07. The van der Waals surface area contributed by atoms with Gasteiger partial charge in [-0.2, -0.15) is 0 Å². The molecule has 0 amide bonds. The van der Waals surface area contributed by atoms with Gasteiger partial charge in [-0.15, -0.1) is 23.5 Å². The molecule has 0 aromatic carbocycles. The molecule has 0 unspecified atom stereocenters. The maximum atomic E-state index is 2.07. The van der Waals surface area contributed by atoms with Gasteiger partial charge in [-0.1, -0.05) is 0 Å². The molecule has 1 heterocycles. The molecule has 0 fully saturated rings. The van der Waals surface area contributed by atoms with E-state index in [-0.39, 0.29) is 0 Å². The molecule has 9 heavy (non-hydrogen) atoms. The van der Waals surface area contributed by atoms with Gasteiger partial charge in [0.25, 0.3) is 0 Å². The fraction of sp³-hybridized carbons (Fsp3) is 0.714. The van der Waals surface area contributed by atoms with Crippen LogP contribution in [0.25, 0.3) is 0 Å². The molecule has 0 aromatic heterocycles. The van der Waals surface area contributed by atoms with Crippen molar-refractivity contribution in [3.05, 3.63) is 9.81 Å². The zero-order chi connectivity index (χ0) is 6.10. The predicted molar refractivity (Wildman–Crippen MR) is 45.5 cm³/mol. The first-order valence-electron chi connectivity index (χ1n) is 3.44. The van der Waals surface area contributed by atoms with Gasteiger partial charge in [0, 0.05) is 5.08 Å². The summed E-state index contributed by atoms with van der Waals surface area (Å²) in [6.07, 6.45) is 5.64. The zero-order valence-electron chi connectivity index (χ0n) is 5.35. The van der Waals surface area contributed by atoms with E-state index in [2.05, 4.69) is 23.5 Å². The number of hydrogen-bond donors (Lipinski definition) is 0. The summed E-state index contributed by atoms with van der Waals surface area (Å²) in [7, 11) is 0. The summed E-state index contributed by atoms with van der Waals surface area (Å²) in [4.78, 5) is 3.43. The number of allylic oxidation sites excluding steroid dienone is 2. The van der Waals surface area contributed by atoms with Crippen LogP contribution in [0, 0.1) is 0 Å². The maximum Gasteiger partial charge on any atom is 0.0480 e. The quantitative estimate of drug-likeness (QED) is 0.531. The van der Waals surface area contributed by atoms with Crippen LogP contribution in [0.4, 0.5) is 0 Å². The van der Waals surface area contributed by atoms with Crippen LogP contribution in [0.1, 0.15) is 25.7 Å². The summed E-state index contributed by atoms with van der Waals surface area (Å²) >= 11 is 4.14. The molecule has 2 aliphatic rings. The fourth-order valence-corrected chi connectivity index (χ4v) is 4.16. The lowest BCUT2D eigenvalue weighted by Crippen LogP contribution is -1.89. The predicted octanol–water partition coefficient (Wildman–Crippen LogP) is 3.21. The fourth-order valence-electron chi connectivity index (χ4n) is 1.33. The second-order valence-corrected chi connectivity index (χ2v) is 4.97. The highest BCUT2D eigenvalue weighted by molar-refractivity contribution is 8.22. The average Bonchev–Trinajstić information content (AvgIpc) is 2.33. The molecule has 0 atom stereocenters. The molecular formula is C7H10S2. The monoisotopic (exact) mass is 158 g/mol. The lowest BCUT2D eigenvalue weighted by Gasteiger charge is -2.10. The van der Waals surface area contributed by atoms with Gasteiger partial charge in [0.1, 0.15) is 0 Å². The number of thioether (sulfide) groups is 2. The van der Waals surface area contributed by atoms with E-state index in [4.69, 9.17) is 0 Å². The molecule has 0 radical (unpaired) electrons. The van der Waals surface area contributed by atoms with Gasteiger partial charge >= 0.3 is 0 Å². The van der Waals surface area contributed by atoms with Gasteiger partial charge in [-0.05, 0) is 35.5 Å². The highest BCUT2D eigenvalue weighted by Crippen LogP contribution is 2.46. The molecule has 2 heteroatoms. The molecule has 50 valence electrons. The van der Waals surface area contributed by atoms with Crippen LogP contribution in [0.2, 0.25) is 0 Å². The summed E-state index contributed by atoms with van der Waals surface area (Å²) in [6, 6.07) is 0. The molecule has 0 aromatic rings. The van der Waals surface area contributed by atoms with Crippen LogP contribution in [0.3, 0.4) is 0 Å². The minimum absolute atomic E-state index is 1.30. The molecule has 0 nitrogen and oxygen atoms in total. The van der Waals surface area contributed by atoms with Gasteiger partial charge in [-0.25, -0.2) is 0 Å². The molecular weight excluding hydrogens is 148 g/mol. The highest BCUT2D eigenvalue weighted by Gasteiger charge is 2.18. The molecule has 0 spiro atoms. The second kappa shape index (κ2) is 2.59. The minimum atomic E-state index is 1.30. The van der Waals surface area contributed by atoms with Crippen molar-refractivity contribution < 1.29 is 0 Å². The lowest BCUT2D eigenvalue weighted by atomic mass is 10.1. The Morgan fingerprint density at radius 3 is 2.00 bits per heavy atom. The normalized spacial score (nSPS) is 26.7. The second-order valence-electron chi connectivity index (χ2n) is 2.46. The summed E-state index contributed by atoms with van der Waals surface area (Å²) in [5, 5.41) is 1.30. The van der Waals surface area contributed by atoms with E-state index >= 15 is 0 Å². The van der Waals surface area contributed by atoms with Crippen molar-refractivity contribution in [2.24, 2.45) is 0 Å². The Morgan fingerprint density at radius 2 is 1.44 bits per heavy atom. The van der Waals surface area contributed by atoms with Crippen molar-refractivity contribution in [2.75, 3.05) is 5.08 Å². The third-order valence-electron chi connectivity index (χ3n) is 1.83. The van der Waals surface area contributed by atoms with Crippen molar-refractivity contribution in [1.82, 2.24) is 0 Å². The minimum Gasteiger partial charge on any atom is -0.118 e. The smallest absolute Gasteiger partial charge is 0.0480 e. The molecule has 1 aliphatic carbocycles. The van der Waals surface area contributed by atoms with Crippen molar-refractivity contribution in [3.63, 3.8) is 0 Å². The third-order valence-corrected chi connectivity index (χ3v) is 4.50. The van der Waals surface area contributed by atoms with Gasteiger partial charge in [0.2, 0.25) is 0 Å². The average molecular weight is 158 g/mol. The van der Waals surface area contributed by atoms with Crippen LogP contribution >= 0.6 is 23.5 Å². The summed E-state index contributed by atoms with van der Waals surface area (Å²) in [5.74, 6) is 0. The van der Waals surface area contributed by atoms with E-state index in [0.717, 1.165) is 0 Å². The van der Waals surface area contributed by atoms with Crippen molar-refractivity contribution in [3.8, 4) is 0 Å². The molecule has 1 aliphatic heterocycles. The topological polar surface area (TPSA) is 0 Å². The van der Waals surface area contributed by atoms with Crippen molar-refractivity contribution in [2.45, 2.75) is 25.7 Å². The van der Waals surface area contributed by atoms with Crippen LogP contribution < -0.4 is 0 Å². The van der Waals surface area contributed by atoms with E-state index in [1.165, 1.54) is 30.8 Å². The van der Waals surface area contributed by atoms with E-state index < -0.39 is 0 Å². The Bertz CT molecular complexity index is 133. The first kappa shape index (κ1) is 6.17. The van der Waals surface area contributed by atoms with Gasteiger partial charge in [0.05, 0.1) is 0 Å². The molecule has 0 saturated heterocycles. The number of rotatable bonds is 0. The third kappa shape index (κ3) is 1.15. The van der Waals surface area contributed by atoms with Crippen LogP contribution in [-0.4, -0.2) is 5.08 Å². The van der Waals surface area contributed by atoms with E-state index in [9.17, 15) is 0 Å². The highest BCUT2D eigenvalue weighted by atomic mass is 32.2. The van der Waals surface area contributed by atoms with Crippen LogP contribution in [0.5, 0.6) is 0 Å². The van der Waals surface area contributed by atoms with Gasteiger partial charge in [0.15, 0.2) is 0 Å².